The molecule has 1 atom stereocenters. The van der Waals surface area contributed by atoms with Gasteiger partial charge in [-0.1, -0.05) is 30.3 Å². The Morgan fingerprint density at radius 2 is 1.82 bits per heavy atom. The molecule has 122 valence electrons. The lowest BCUT2D eigenvalue weighted by atomic mass is 9.90. The predicted octanol–water partition coefficient (Wildman–Crippen LogP) is 2.62. The zero-order valence-corrected chi connectivity index (χ0v) is 13.8. The van der Waals surface area contributed by atoms with Gasteiger partial charge in [-0.2, -0.15) is 0 Å². The summed E-state index contributed by atoms with van der Waals surface area (Å²) in [6.07, 6.45) is 3.80. The highest BCUT2D eigenvalue weighted by molar-refractivity contribution is 7.89. The molecule has 2 fully saturated rings. The number of benzene rings is 1. The molecule has 0 radical (unpaired) electrons. The van der Waals surface area contributed by atoms with E-state index in [1.165, 1.54) is 5.56 Å². The lowest BCUT2D eigenvalue weighted by Gasteiger charge is -2.33. The molecule has 2 saturated heterocycles. The lowest BCUT2D eigenvalue weighted by Crippen LogP contribution is -2.41. The van der Waals surface area contributed by atoms with Crippen molar-refractivity contribution in [2.75, 3.05) is 32.1 Å². The Morgan fingerprint density at radius 3 is 2.45 bits per heavy atom. The Balaban J connectivity index is 1.56. The van der Waals surface area contributed by atoms with Crippen molar-refractivity contribution in [2.45, 2.75) is 31.6 Å². The summed E-state index contributed by atoms with van der Waals surface area (Å²) in [6.45, 7) is 2.67. The van der Waals surface area contributed by atoms with Crippen molar-refractivity contribution in [1.82, 2.24) is 4.31 Å². The van der Waals surface area contributed by atoms with Gasteiger partial charge in [-0.15, -0.1) is 0 Å². The van der Waals surface area contributed by atoms with Gasteiger partial charge in [0.15, 0.2) is 0 Å². The third-order valence-electron chi connectivity index (χ3n) is 4.82. The highest BCUT2D eigenvalue weighted by Gasteiger charge is 2.31. The fraction of sp³-hybridized carbons (Fsp3) is 0.647. The number of piperidine rings is 1. The van der Waals surface area contributed by atoms with E-state index in [-0.39, 0.29) is 11.7 Å². The Labute approximate surface area is 133 Å². The number of rotatable bonds is 4. The Morgan fingerprint density at radius 1 is 1.09 bits per heavy atom. The van der Waals surface area contributed by atoms with Crippen LogP contribution in [0.15, 0.2) is 30.3 Å². The lowest BCUT2D eigenvalue weighted by molar-refractivity contribution is 0.0621. The van der Waals surface area contributed by atoms with Gasteiger partial charge in [-0.05, 0) is 43.1 Å². The minimum absolute atomic E-state index is 0.172. The molecule has 2 aliphatic heterocycles. The van der Waals surface area contributed by atoms with Gasteiger partial charge in [0, 0.05) is 19.7 Å². The van der Waals surface area contributed by atoms with Crippen LogP contribution in [0.25, 0.3) is 0 Å². The molecular formula is C17H25NO3S. The molecule has 1 aromatic carbocycles. The van der Waals surface area contributed by atoms with Gasteiger partial charge < -0.3 is 4.74 Å². The van der Waals surface area contributed by atoms with Gasteiger partial charge >= 0.3 is 0 Å². The molecule has 0 unspecified atom stereocenters. The van der Waals surface area contributed by atoms with E-state index in [1.807, 2.05) is 6.07 Å². The van der Waals surface area contributed by atoms with E-state index in [9.17, 15) is 8.42 Å². The molecule has 2 aliphatic rings. The normalized spacial score (nSPS) is 25.2. The van der Waals surface area contributed by atoms with Crippen LogP contribution in [0.2, 0.25) is 0 Å². The molecule has 0 aromatic heterocycles. The topological polar surface area (TPSA) is 46.6 Å². The van der Waals surface area contributed by atoms with Crippen LogP contribution in [-0.4, -0.2) is 44.8 Å². The molecule has 0 amide bonds. The zero-order valence-electron chi connectivity index (χ0n) is 13.0. The molecule has 0 spiro atoms. The van der Waals surface area contributed by atoms with E-state index in [4.69, 9.17) is 4.74 Å². The molecule has 0 saturated carbocycles. The van der Waals surface area contributed by atoms with E-state index in [0.29, 0.717) is 25.6 Å². The highest BCUT2D eigenvalue weighted by Crippen LogP contribution is 2.29. The van der Waals surface area contributed by atoms with Crippen molar-refractivity contribution in [1.29, 1.82) is 0 Å². The highest BCUT2D eigenvalue weighted by atomic mass is 32.2. The van der Waals surface area contributed by atoms with Crippen molar-refractivity contribution in [3.63, 3.8) is 0 Å². The van der Waals surface area contributed by atoms with E-state index < -0.39 is 10.0 Å². The summed E-state index contributed by atoms with van der Waals surface area (Å²) in [5.74, 6) is 0.916. The Bertz CT molecular complexity index is 559. The molecule has 3 rings (SSSR count). The van der Waals surface area contributed by atoms with Gasteiger partial charge in [0.05, 0.1) is 12.4 Å². The van der Waals surface area contributed by atoms with Crippen molar-refractivity contribution in [2.24, 2.45) is 5.92 Å². The maximum Gasteiger partial charge on any atom is 0.214 e. The van der Waals surface area contributed by atoms with Gasteiger partial charge in [-0.3, -0.25) is 0 Å². The third-order valence-corrected chi connectivity index (χ3v) is 6.86. The average molecular weight is 323 g/mol. The molecule has 22 heavy (non-hydrogen) atoms. The number of nitrogens with zero attached hydrogens (tertiary/aromatic N) is 1. The predicted molar refractivity (Wildman–Crippen MR) is 87.3 cm³/mol. The van der Waals surface area contributed by atoms with Crippen molar-refractivity contribution >= 4 is 10.0 Å². The first-order valence-electron chi connectivity index (χ1n) is 8.25. The average Bonchev–Trinajstić information content (AvgIpc) is 2.56. The van der Waals surface area contributed by atoms with Crippen LogP contribution in [-0.2, 0) is 14.8 Å². The summed E-state index contributed by atoms with van der Waals surface area (Å²) in [7, 11) is -3.14. The molecule has 0 bridgehead atoms. The summed E-state index contributed by atoms with van der Waals surface area (Å²) in [5, 5.41) is 0. The van der Waals surface area contributed by atoms with E-state index in [2.05, 4.69) is 24.3 Å². The smallest absolute Gasteiger partial charge is 0.214 e. The number of hydrogen-bond donors (Lipinski definition) is 0. The standard InChI is InChI=1S/C17H25NO3S/c19-22(20,14-15-5-4-12-21-13-15)18-10-8-17(9-11-18)16-6-2-1-3-7-16/h1-3,6-7,15,17H,4-5,8-14H2/t15-/m1/s1. The molecule has 0 N–H and O–H groups in total. The number of ether oxygens (including phenoxy) is 1. The van der Waals surface area contributed by atoms with Crippen LogP contribution in [0.5, 0.6) is 0 Å². The van der Waals surface area contributed by atoms with Crippen molar-refractivity contribution < 1.29 is 13.2 Å². The van der Waals surface area contributed by atoms with Crippen LogP contribution in [0.4, 0.5) is 0 Å². The molecular weight excluding hydrogens is 298 g/mol. The second-order valence-corrected chi connectivity index (χ2v) is 8.46. The first-order valence-corrected chi connectivity index (χ1v) is 9.86. The van der Waals surface area contributed by atoms with Gasteiger partial charge in [0.1, 0.15) is 0 Å². The monoisotopic (exact) mass is 323 g/mol. The molecule has 1 aromatic rings. The van der Waals surface area contributed by atoms with Crippen LogP contribution < -0.4 is 0 Å². The largest absolute Gasteiger partial charge is 0.381 e. The number of hydrogen-bond acceptors (Lipinski definition) is 3. The van der Waals surface area contributed by atoms with E-state index >= 15 is 0 Å². The second kappa shape index (κ2) is 7.11. The van der Waals surface area contributed by atoms with Crippen LogP contribution in [0.3, 0.4) is 0 Å². The maximum absolute atomic E-state index is 12.6. The van der Waals surface area contributed by atoms with Crippen LogP contribution >= 0.6 is 0 Å². The summed E-state index contributed by atoms with van der Waals surface area (Å²) in [5.41, 5.74) is 1.33. The third kappa shape index (κ3) is 3.89. The quantitative estimate of drug-likeness (QED) is 0.856. The SMILES string of the molecule is O=S(=O)(C[C@@H]1CCCOC1)N1CCC(c2ccccc2)CC1. The minimum atomic E-state index is -3.14. The molecule has 4 nitrogen and oxygen atoms in total. The first kappa shape index (κ1) is 16.0. The minimum Gasteiger partial charge on any atom is -0.381 e. The Hall–Kier alpha value is -0.910. The van der Waals surface area contributed by atoms with Gasteiger partial charge in [-0.25, -0.2) is 12.7 Å². The van der Waals surface area contributed by atoms with E-state index in [1.54, 1.807) is 4.31 Å². The first-order chi connectivity index (χ1) is 10.6. The van der Waals surface area contributed by atoms with Crippen molar-refractivity contribution in [3.8, 4) is 0 Å². The van der Waals surface area contributed by atoms with E-state index in [0.717, 1.165) is 32.3 Å². The summed E-state index contributed by atoms with van der Waals surface area (Å²) in [4.78, 5) is 0. The maximum atomic E-state index is 12.6. The zero-order chi connectivity index (χ0) is 15.4. The molecule has 0 aliphatic carbocycles. The molecule has 5 heteroatoms. The van der Waals surface area contributed by atoms with Crippen molar-refractivity contribution in [3.05, 3.63) is 35.9 Å². The van der Waals surface area contributed by atoms with Gasteiger partial charge in [0.2, 0.25) is 10.0 Å². The Kier molecular flexibility index (Phi) is 5.16. The van der Waals surface area contributed by atoms with Crippen LogP contribution in [0, 0.1) is 5.92 Å². The van der Waals surface area contributed by atoms with Crippen LogP contribution in [0.1, 0.15) is 37.2 Å². The summed E-state index contributed by atoms with van der Waals surface area (Å²) in [6, 6.07) is 10.4. The number of sulfonamides is 1. The fourth-order valence-electron chi connectivity index (χ4n) is 3.53. The summed E-state index contributed by atoms with van der Waals surface area (Å²) < 4.78 is 32.2. The summed E-state index contributed by atoms with van der Waals surface area (Å²) >= 11 is 0. The molecule has 2 heterocycles. The second-order valence-electron chi connectivity index (χ2n) is 6.45. The van der Waals surface area contributed by atoms with Gasteiger partial charge in [0.25, 0.3) is 0 Å². The fourth-order valence-corrected chi connectivity index (χ4v) is 5.37.